The van der Waals surface area contributed by atoms with E-state index in [9.17, 15) is 4.79 Å². The molecule has 0 spiro atoms. The SMILES string of the molecule is Cc1ccccc1Nc1ccc(NC(=O)Cc2ccc(Br)cc2)cn1. The molecule has 1 amide bonds. The van der Waals surface area contributed by atoms with Crippen molar-refractivity contribution in [2.45, 2.75) is 13.3 Å². The van der Waals surface area contributed by atoms with Crippen LogP contribution < -0.4 is 10.6 Å². The van der Waals surface area contributed by atoms with E-state index >= 15 is 0 Å². The molecule has 2 aromatic carbocycles. The molecule has 5 heteroatoms. The van der Waals surface area contributed by atoms with Gasteiger partial charge in [-0.15, -0.1) is 0 Å². The molecule has 4 nitrogen and oxygen atoms in total. The minimum Gasteiger partial charge on any atom is -0.340 e. The van der Waals surface area contributed by atoms with Crippen LogP contribution in [0.5, 0.6) is 0 Å². The van der Waals surface area contributed by atoms with Crippen molar-refractivity contribution in [3.8, 4) is 0 Å². The molecule has 126 valence electrons. The van der Waals surface area contributed by atoms with Gasteiger partial charge in [-0.2, -0.15) is 0 Å². The Morgan fingerprint density at radius 2 is 1.80 bits per heavy atom. The van der Waals surface area contributed by atoms with Gasteiger partial charge in [0.1, 0.15) is 5.82 Å². The number of benzene rings is 2. The highest BCUT2D eigenvalue weighted by molar-refractivity contribution is 9.10. The normalized spacial score (nSPS) is 10.3. The second-order valence-corrected chi connectivity index (χ2v) is 6.64. The molecule has 0 saturated carbocycles. The van der Waals surface area contributed by atoms with Crippen LogP contribution in [0.3, 0.4) is 0 Å². The number of pyridine rings is 1. The summed E-state index contributed by atoms with van der Waals surface area (Å²) in [6.07, 6.45) is 1.98. The largest absolute Gasteiger partial charge is 0.340 e. The summed E-state index contributed by atoms with van der Waals surface area (Å²) in [6.45, 7) is 2.04. The highest BCUT2D eigenvalue weighted by atomic mass is 79.9. The van der Waals surface area contributed by atoms with Gasteiger partial charge >= 0.3 is 0 Å². The zero-order valence-corrected chi connectivity index (χ0v) is 15.4. The van der Waals surface area contributed by atoms with Gasteiger partial charge in [-0.3, -0.25) is 4.79 Å². The molecule has 0 aliphatic heterocycles. The van der Waals surface area contributed by atoms with E-state index in [0.717, 1.165) is 27.1 Å². The first-order chi connectivity index (χ1) is 12.1. The first-order valence-electron chi connectivity index (χ1n) is 7.93. The second-order valence-electron chi connectivity index (χ2n) is 5.72. The molecule has 0 saturated heterocycles. The average Bonchev–Trinajstić information content (AvgIpc) is 2.61. The maximum Gasteiger partial charge on any atom is 0.228 e. The summed E-state index contributed by atoms with van der Waals surface area (Å²) in [6, 6.07) is 19.4. The fourth-order valence-electron chi connectivity index (χ4n) is 2.39. The summed E-state index contributed by atoms with van der Waals surface area (Å²) in [5.41, 5.74) is 3.81. The Morgan fingerprint density at radius 3 is 2.48 bits per heavy atom. The van der Waals surface area contributed by atoms with Gasteiger partial charge in [-0.1, -0.05) is 46.3 Å². The smallest absolute Gasteiger partial charge is 0.228 e. The van der Waals surface area contributed by atoms with Crippen molar-refractivity contribution in [2.24, 2.45) is 0 Å². The summed E-state index contributed by atoms with van der Waals surface area (Å²) in [4.78, 5) is 16.5. The Labute approximate surface area is 155 Å². The minimum absolute atomic E-state index is 0.0660. The lowest BCUT2D eigenvalue weighted by Gasteiger charge is -2.10. The molecule has 3 aromatic rings. The zero-order valence-electron chi connectivity index (χ0n) is 13.8. The maximum atomic E-state index is 12.1. The Balaban J connectivity index is 1.59. The van der Waals surface area contributed by atoms with Crippen LogP contribution in [-0.2, 0) is 11.2 Å². The molecule has 2 N–H and O–H groups in total. The average molecular weight is 396 g/mol. The third kappa shape index (κ3) is 4.90. The number of para-hydroxylation sites is 1. The number of rotatable bonds is 5. The zero-order chi connectivity index (χ0) is 17.6. The highest BCUT2D eigenvalue weighted by Gasteiger charge is 2.05. The number of aryl methyl sites for hydroxylation is 1. The standard InChI is InChI=1S/C20H18BrN3O/c1-14-4-2-3-5-18(14)24-19-11-10-17(13-22-19)23-20(25)12-15-6-8-16(21)9-7-15/h2-11,13H,12H2,1H3,(H,22,24)(H,23,25). The summed E-state index contributed by atoms with van der Waals surface area (Å²) in [5, 5.41) is 6.14. The second kappa shape index (κ2) is 7.94. The van der Waals surface area contributed by atoms with Crippen LogP contribution >= 0.6 is 15.9 Å². The van der Waals surface area contributed by atoms with Gasteiger partial charge in [-0.25, -0.2) is 4.98 Å². The van der Waals surface area contributed by atoms with Crippen molar-refractivity contribution in [1.82, 2.24) is 4.98 Å². The molecule has 0 radical (unpaired) electrons. The van der Waals surface area contributed by atoms with E-state index in [-0.39, 0.29) is 5.91 Å². The van der Waals surface area contributed by atoms with Crippen LogP contribution in [0.15, 0.2) is 71.3 Å². The molecule has 3 rings (SSSR count). The number of carbonyl (C=O) groups excluding carboxylic acids is 1. The Bertz CT molecular complexity index is 861. The van der Waals surface area contributed by atoms with E-state index in [4.69, 9.17) is 0 Å². The van der Waals surface area contributed by atoms with Gasteiger partial charge in [-0.05, 0) is 48.4 Å². The Morgan fingerprint density at radius 1 is 1.04 bits per heavy atom. The number of halogens is 1. The molecule has 25 heavy (non-hydrogen) atoms. The summed E-state index contributed by atoms with van der Waals surface area (Å²) >= 11 is 3.39. The van der Waals surface area contributed by atoms with Crippen LogP contribution in [0.1, 0.15) is 11.1 Å². The van der Waals surface area contributed by atoms with Crippen molar-refractivity contribution in [3.05, 3.63) is 82.5 Å². The van der Waals surface area contributed by atoms with Gasteiger partial charge in [0.05, 0.1) is 18.3 Å². The van der Waals surface area contributed by atoms with Crippen LogP contribution in [0.4, 0.5) is 17.2 Å². The van der Waals surface area contributed by atoms with Crippen molar-refractivity contribution >= 4 is 39.0 Å². The predicted molar refractivity (Wildman–Crippen MR) is 105 cm³/mol. The number of carbonyl (C=O) groups is 1. The molecule has 1 heterocycles. The lowest BCUT2D eigenvalue weighted by Crippen LogP contribution is -2.14. The highest BCUT2D eigenvalue weighted by Crippen LogP contribution is 2.19. The van der Waals surface area contributed by atoms with Crippen molar-refractivity contribution in [2.75, 3.05) is 10.6 Å². The number of hydrogen-bond donors (Lipinski definition) is 2. The number of nitrogens with zero attached hydrogens (tertiary/aromatic N) is 1. The molecular weight excluding hydrogens is 378 g/mol. The first kappa shape index (κ1) is 17.2. The van der Waals surface area contributed by atoms with Crippen molar-refractivity contribution in [1.29, 1.82) is 0 Å². The van der Waals surface area contributed by atoms with E-state index in [1.165, 1.54) is 0 Å². The number of aromatic nitrogens is 1. The van der Waals surface area contributed by atoms with E-state index in [2.05, 4.69) is 31.5 Å². The minimum atomic E-state index is -0.0660. The Hall–Kier alpha value is -2.66. The number of amides is 1. The number of nitrogens with one attached hydrogen (secondary N) is 2. The monoisotopic (exact) mass is 395 g/mol. The summed E-state index contributed by atoms with van der Waals surface area (Å²) in [7, 11) is 0. The first-order valence-corrected chi connectivity index (χ1v) is 8.72. The molecular formula is C20H18BrN3O. The van der Waals surface area contributed by atoms with Crippen LogP contribution in [0.2, 0.25) is 0 Å². The van der Waals surface area contributed by atoms with Gasteiger partial charge in [0.2, 0.25) is 5.91 Å². The van der Waals surface area contributed by atoms with Crippen molar-refractivity contribution in [3.63, 3.8) is 0 Å². The van der Waals surface area contributed by atoms with E-state index in [1.54, 1.807) is 6.20 Å². The van der Waals surface area contributed by atoms with Gasteiger partial charge < -0.3 is 10.6 Å². The molecule has 0 aliphatic rings. The number of hydrogen-bond acceptors (Lipinski definition) is 3. The maximum absolute atomic E-state index is 12.1. The third-order valence-electron chi connectivity index (χ3n) is 3.73. The molecule has 0 bridgehead atoms. The van der Waals surface area contributed by atoms with Crippen molar-refractivity contribution < 1.29 is 4.79 Å². The van der Waals surface area contributed by atoms with Crippen LogP contribution in [-0.4, -0.2) is 10.9 Å². The van der Waals surface area contributed by atoms with Crippen LogP contribution in [0.25, 0.3) is 0 Å². The molecule has 0 unspecified atom stereocenters. The van der Waals surface area contributed by atoms with Crippen LogP contribution in [0, 0.1) is 6.92 Å². The van der Waals surface area contributed by atoms with Gasteiger partial charge in [0.15, 0.2) is 0 Å². The quantitative estimate of drug-likeness (QED) is 0.633. The topological polar surface area (TPSA) is 54.0 Å². The summed E-state index contributed by atoms with van der Waals surface area (Å²) < 4.78 is 0.998. The van der Waals surface area contributed by atoms with E-state index in [1.807, 2.05) is 67.6 Å². The molecule has 1 aromatic heterocycles. The van der Waals surface area contributed by atoms with E-state index in [0.29, 0.717) is 12.1 Å². The van der Waals surface area contributed by atoms with E-state index < -0.39 is 0 Å². The number of anilines is 3. The molecule has 0 aliphatic carbocycles. The fraction of sp³-hybridized carbons (Fsp3) is 0.100. The lowest BCUT2D eigenvalue weighted by atomic mass is 10.1. The molecule has 0 atom stereocenters. The van der Waals surface area contributed by atoms with Gasteiger partial charge in [0.25, 0.3) is 0 Å². The summed E-state index contributed by atoms with van der Waals surface area (Å²) in [5.74, 6) is 0.670. The third-order valence-corrected chi connectivity index (χ3v) is 4.26. The van der Waals surface area contributed by atoms with Gasteiger partial charge in [0, 0.05) is 10.2 Å². The lowest BCUT2D eigenvalue weighted by molar-refractivity contribution is -0.115. The predicted octanol–water partition coefficient (Wildman–Crippen LogP) is 5.08. The Kier molecular flexibility index (Phi) is 5.46. The molecule has 0 fully saturated rings. The fourth-order valence-corrected chi connectivity index (χ4v) is 2.65.